The van der Waals surface area contributed by atoms with Crippen LogP contribution in [0, 0.1) is 0 Å². The van der Waals surface area contributed by atoms with Gasteiger partial charge in [0, 0.05) is 11.6 Å². The molecule has 0 N–H and O–H groups in total. The molecule has 4 nitrogen and oxygen atoms in total. The molecule has 6 heteroatoms. The minimum atomic E-state index is -1.03. The highest BCUT2D eigenvalue weighted by molar-refractivity contribution is 6.54. The van der Waals surface area contributed by atoms with E-state index in [2.05, 4.69) is 4.98 Å². The van der Waals surface area contributed by atoms with E-state index in [0.717, 1.165) is 10.8 Å². The number of nitrogens with zero attached hydrogens (tertiary/aromatic N) is 1. The van der Waals surface area contributed by atoms with Crippen LogP contribution in [0.1, 0.15) is 33.4 Å². The molecule has 1 saturated heterocycles. The van der Waals surface area contributed by atoms with Crippen molar-refractivity contribution in [3.63, 3.8) is 0 Å². The van der Waals surface area contributed by atoms with Gasteiger partial charge in [-0.2, -0.15) is 0 Å². The predicted octanol–water partition coefficient (Wildman–Crippen LogP) is 4.19. The second-order valence-electron chi connectivity index (χ2n) is 6.90. The third kappa shape index (κ3) is 2.92. The lowest BCUT2D eigenvalue weighted by Crippen LogP contribution is -2.41. The Morgan fingerprint density at radius 2 is 1.83 bits per heavy atom. The SMILES string of the molecule is COc1ccc2ccnc(C=C(F)B3OC(C)(C)C(C)(C)O3)c2c1. The fourth-order valence-electron chi connectivity index (χ4n) is 2.57. The molecule has 1 fully saturated rings. The molecule has 3 rings (SSSR count). The summed E-state index contributed by atoms with van der Waals surface area (Å²) < 4.78 is 31.4. The highest BCUT2D eigenvalue weighted by Crippen LogP contribution is 2.39. The third-order valence-corrected chi connectivity index (χ3v) is 4.76. The highest BCUT2D eigenvalue weighted by atomic mass is 19.1. The van der Waals surface area contributed by atoms with Gasteiger partial charge in [0.2, 0.25) is 0 Å². The molecule has 0 radical (unpaired) electrons. The van der Waals surface area contributed by atoms with Crippen LogP contribution in [0.3, 0.4) is 0 Å². The van der Waals surface area contributed by atoms with Crippen LogP contribution in [-0.2, 0) is 9.31 Å². The number of hydrogen-bond donors (Lipinski definition) is 0. The van der Waals surface area contributed by atoms with E-state index in [0.29, 0.717) is 11.4 Å². The lowest BCUT2D eigenvalue weighted by Gasteiger charge is -2.32. The summed E-state index contributed by atoms with van der Waals surface area (Å²) in [6.45, 7) is 7.56. The van der Waals surface area contributed by atoms with Crippen molar-refractivity contribution < 1.29 is 18.4 Å². The monoisotopic (exact) mass is 329 g/mol. The van der Waals surface area contributed by atoms with Crippen LogP contribution in [0.25, 0.3) is 16.8 Å². The largest absolute Gasteiger partial charge is 0.525 e. The Morgan fingerprint density at radius 3 is 2.46 bits per heavy atom. The van der Waals surface area contributed by atoms with Gasteiger partial charge in [0.25, 0.3) is 0 Å². The van der Waals surface area contributed by atoms with E-state index in [4.69, 9.17) is 14.0 Å². The second-order valence-corrected chi connectivity index (χ2v) is 6.90. The van der Waals surface area contributed by atoms with Crippen LogP contribution in [0.4, 0.5) is 4.39 Å². The molecule has 126 valence electrons. The number of aromatic nitrogens is 1. The van der Waals surface area contributed by atoms with Crippen LogP contribution >= 0.6 is 0 Å². The molecular formula is C18H21BFNO3. The fourth-order valence-corrected chi connectivity index (χ4v) is 2.57. The molecule has 0 spiro atoms. The first-order valence-corrected chi connectivity index (χ1v) is 7.89. The average Bonchev–Trinajstić information content (AvgIpc) is 2.75. The maximum atomic E-state index is 14.7. The zero-order chi connectivity index (χ0) is 17.5. The Balaban J connectivity index is 1.98. The van der Waals surface area contributed by atoms with Gasteiger partial charge >= 0.3 is 7.12 Å². The van der Waals surface area contributed by atoms with E-state index >= 15 is 0 Å². The van der Waals surface area contributed by atoms with E-state index in [-0.39, 0.29) is 0 Å². The molecule has 1 aromatic heterocycles. The number of hydrogen-bond acceptors (Lipinski definition) is 4. The minimum Gasteiger partial charge on any atom is -0.497 e. The van der Waals surface area contributed by atoms with Crippen LogP contribution in [0.5, 0.6) is 5.75 Å². The van der Waals surface area contributed by atoms with E-state index < -0.39 is 24.0 Å². The van der Waals surface area contributed by atoms with Crippen molar-refractivity contribution >= 4 is 24.0 Å². The first kappa shape index (κ1) is 16.9. The van der Waals surface area contributed by atoms with E-state index in [1.807, 2.05) is 52.0 Å². The number of pyridine rings is 1. The second kappa shape index (κ2) is 5.86. The number of fused-ring (bicyclic) bond motifs is 1. The van der Waals surface area contributed by atoms with Gasteiger partial charge in [-0.3, -0.25) is 4.98 Å². The summed E-state index contributed by atoms with van der Waals surface area (Å²) in [6, 6.07) is 7.49. The fraction of sp³-hybridized carbons (Fsp3) is 0.389. The summed E-state index contributed by atoms with van der Waals surface area (Å²) in [5.74, 6) is 0.696. The Morgan fingerprint density at radius 1 is 1.17 bits per heavy atom. The van der Waals surface area contributed by atoms with Gasteiger partial charge in [0.15, 0.2) is 0 Å². The van der Waals surface area contributed by atoms with Crippen molar-refractivity contribution in [2.75, 3.05) is 7.11 Å². The Bertz CT molecular complexity index is 788. The molecule has 1 aromatic carbocycles. The van der Waals surface area contributed by atoms with Gasteiger partial charge in [-0.1, -0.05) is 6.07 Å². The molecule has 0 amide bonds. The highest BCUT2D eigenvalue weighted by Gasteiger charge is 2.53. The van der Waals surface area contributed by atoms with Crippen molar-refractivity contribution in [3.05, 3.63) is 41.9 Å². The summed E-state index contributed by atoms with van der Waals surface area (Å²) in [5, 5.41) is 1.77. The third-order valence-electron chi connectivity index (χ3n) is 4.76. The van der Waals surface area contributed by atoms with Gasteiger partial charge in [0.1, 0.15) is 11.5 Å². The molecule has 0 unspecified atom stereocenters. The molecule has 0 bridgehead atoms. The van der Waals surface area contributed by atoms with Crippen LogP contribution in [0.15, 0.2) is 36.2 Å². The molecular weight excluding hydrogens is 308 g/mol. The summed E-state index contributed by atoms with van der Waals surface area (Å²) >= 11 is 0. The maximum Gasteiger partial charge on any atom is 0.525 e. The molecule has 2 heterocycles. The number of methoxy groups -OCH3 is 1. The van der Waals surface area contributed by atoms with Crippen molar-refractivity contribution in [1.82, 2.24) is 4.98 Å². The van der Waals surface area contributed by atoms with Crippen LogP contribution in [-0.4, -0.2) is 30.4 Å². The Kier molecular flexibility index (Phi) is 4.14. The lowest BCUT2D eigenvalue weighted by atomic mass is 9.87. The van der Waals surface area contributed by atoms with E-state index in [9.17, 15) is 4.39 Å². The predicted molar refractivity (Wildman–Crippen MR) is 93.5 cm³/mol. The number of ether oxygens (including phenoxy) is 1. The summed E-state index contributed by atoms with van der Waals surface area (Å²) in [4.78, 5) is 4.28. The lowest BCUT2D eigenvalue weighted by molar-refractivity contribution is 0.00578. The molecule has 1 aliphatic rings. The smallest absolute Gasteiger partial charge is 0.497 e. The standard InChI is InChI=1S/C18H21BFNO3/c1-17(2)18(3,4)24-19(23-17)16(20)11-15-14-10-13(22-5)7-6-12(14)8-9-21-15/h6-11H,1-5H3. The zero-order valence-electron chi connectivity index (χ0n) is 14.6. The molecule has 1 aliphatic heterocycles. The average molecular weight is 329 g/mol. The molecule has 0 aliphatic carbocycles. The minimum absolute atomic E-state index is 0.503. The van der Waals surface area contributed by atoms with Gasteiger partial charge < -0.3 is 14.0 Å². The summed E-state index contributed by atoms with van der Waals surface area (Å²) in [6.07, 6.45) is 3.02. The molecule has 2 aromatic rings. The molecule has 0 atom stereocenters. The normalized spacial score (nSPS) is 19.8. The van der Waals surface area contributed by atoms with E-state index in [1.165, 1.54) is 6.08 Å². The summed E-state index contributed by atoms with van der Waals surface area (Å²) in [5.41, 5.74) is -1.16. The van der Waals surface area contributed by atoms with Crippen LogP contribution in [0.2, 0.25) is 0 Å². The first-order chi connectivity index (χ1) is 11.2. The molecule has 0 saturated carbocycles. The quantitative estimate of drug-likeness (QED) is 0.792. The number of benzene rings is 1. The van der Waals surface area contributed by atoms with Crippen LogP contribution < -0.4 is 4.74 Å². The van der Waals surface area contributed by atoms with Crippen molar-refractivity contribution in [2.24, 2.45) is 0 Å². The van der Waals surface area contributed by atoms with Gasteiger partial charge in [-0.25, -0.2) is 4.39 Å². The number of halogens is 1. The number of rotatable bonds is 3. The van der Waals surface area contributed by atoms with Gasteiger partial charge in [-0.15, -0.1) is 0 Å². The Labute approximate surface area is 141 Å². The molecule has 24 heavy (non-hydrogen) atoms. The van der Waals surface area contributed by atoms with Gasteiger partial charge in [-0.05, 0) is 57.4 Å². The zero-order valence-corrected chi connectivity index (χ0v) is 14.6. The van der Waals surface area contributed by atoms with Crippen molar-refractivity contribution in [3.8, 4) is 5.75 Å². The van der Waals surface area contributed by atoms with Crippen molar-refractivity contribution in [1.29, 1.82) is 0 Å². The Hall–Kier alpha value is -1.92. The van der Waals surface area contributed by atoms with Crippen molar-refractivity contribution in [2.45, 2.75) is 38.9 Å². The first-order valence-electron chi connectivity index (χ1n) is 7.89. The van der Waals surface area contributed by atoms with E-state index in [1.54, 1.807) is 13.3 Å². The topological polar surface area (TPSA) is 40.6 Å². The van der Waals surface area contributed by atoms with Gasteiger partial charge in [0.05, 0.1) is 24.0 Å². The summed E-state index contributed by atoms with van der Waals surface area (Å²) in [7, 11) is 0.565. The maximum absolute atomic E-state index is 14.7.